The number of aromatic nitrogens is 8. The van der Waals surface area contributed by atoms with Gasteiger partial charge in [0, 0.05) is 0 Å². The van der Waals surface area contributed by atoms with Crippen LogP contribution in [-0.2, 0) is 42.0 Å². The summed E-state index contributed by atoms with van der Waals surface area (Å²) in [4.78, 5) is 71.5. The molecule has 0 radical (unpaired) electrons. The molecule has 4 rings (SSSR count). The number of aromatic amines is 2. The van der Waals surface area contributed by atoms with Gasteiger partial charge < -0.3 is 51.3 Å². The lowest BCUT2D eigenvalue weighted by atomic mass is 10.1. The molecule has 0 aromatic carbocycles. The van der Waals surface area contributed by atoms with Gasteiger partial charge in [-0.05, 0) is 11.8 Å². The van der Waals surface area contributed by atoms with E-state index in [9.17, 15) is 29.4 Å². The van der Waals surface area contributed by atoms with Crippen LogP contribution in [0.3, 0.4) is 0 Å². The van der Waals surface area contributed by atoms with Crippen LogP contribution in [0, 0.1) is 11.8 Å². The number of nitrogens with zero attached hydrogens (tertiary/aromatic N) is 6. The summed E-state index contributed by atoms with van der Waals surface area (Å²) in [5.74, 6) is -1.40. The minimum atomic E-state index is -0.876. The van der Waals surface area contributed by atoms with Gasteiger partial charge in [-0.15, -0.1) is 0 Å². The molecule has 0 spiro atoms. The van der Waals surface area contributed by atoms with Crippen molar-refractivity contribution in [1.29, 1.82) is 0 Å². The zero-order valence-electron chi connectivity index (χ0n) is 28.6. The van der Waals surface area contributed by atoms with E-state index in [0.29, 0.717) is 0 Å². The Labute approximate surface area is 289 Å². The predicted molar refractivity (Wildman–Crippen MR) is 180 cm³/mol. The molecule has 0 aliphatic heterocycles. The van der Waals surface area contributed by atoms with Crippen molar-refractivity contribution in [3.05, 3.63) is 33.4 Å². The van der Waals surface area contributed by atoms with E-state index in [2.05, 4.69) is 40.5 Å². The SMILES string of the molecule is CC(C)[C@H](N)C(=O)OCC(CO)OCn1cnc2c(=O)[nH]c(NCNc3nc4c(ncn4COC(CO)COC(=O)[C@@H](N)C(C)C)c(=O)[nH]3)nc21. The van der Waals surface area contributed by atoms with Crippen LogP contribution < -0.4 is 33.2 Å². The summed E-state index contributed by atoms with van der Waals surface area (Å²) in [5.41, 5.74) is 10.9. The van der Waals surface area contributed by atoms with Crippen molar-refractivity contribution in [1.82, 2.24) is 39.0 Å². The van der Waals surface area contributed by atoms with E-state index in [4.69, 9.17) is 30.4 Å². The fraction of sp³-hybridized carbons (Fsp3) is 0.586. The number of hydrogen-bond donors (Lipinski definition) is 8. The molecule has 10 N–H and O–H groups in total. The summed E-state index contributed by atoms with van der Waals surface area (Å²) in [6.45, 7) is 5.32. The summed E-state index contributed by atoms with van der Waals surface area (Å²) in [6.07, 6.45) is 0.912. The van der Waals surface area contributed by atoms with E-state index in [0.717, 1.165) is 0 Å². The second kappa shape index (κ2) is 17.8. The van der Waals surface area contributed by atoms with Crippen molar-refractivity contribution in [2.24, 2.45) is 23.3 Å². The van der Waals surface area contributed by atoms with Crippen molar-refractivity contribution in [2.75, 3.05) is 43.7 Å². The number of aliphatic hydroxyl groups is 2. The maximum Gasteiger partial charge on any atom is 0.323 e. The maximum absolute atomic E-state index is 12.7. The standard InChI is InChI=1S/C29H44N12O10/c1-14(2)18(30)26(46)48-7-16(5-42)50-12-40-10-34-20-22(40)36-28(38-24(20)44)32-9-33-29-37-23-21(25(45)39-29)35-11-41(23)13-51-17(6-43)8-49-27(47)19(31)15(3)4/h10-11,14-19,42-43H,5-9,12-13,30-31H2,1-4H3,(H2,32,36,38,44)(H2,33,37,39,45)/t16?,17?,18-,19-/m0/s1. The van der Waals surface area contributed by atoms with Gasteiger partial charge in [-0.1, -0.05) is 27.7 Å². The fourth-order valence-electron chi connectivity index (χ4n) is 4.24. The average Bonchev–Trinajstić information content (AvgIpc) is 3.71. The van der Waals surface area contributed by atoms with Crippen LogP contribution in [0.2, 0.25) is 0 Å². The zero-order chi connectivity index (χ0) is 37.2. The summed E-state index contributed by atoms with van der Waals surface area (Å²) in [6, 6.07) is -1.63. The van der Waals surface area contributed by atoms with Crippen LogP contribution in [0.25, 0.3) is 22.3 Å². The number of aliphatic hydroxyl groups excluding tert-OH is 2. The number of esters is 2. The molecular weight excluding hydrogens is 676 g/mol. The highest BCUT2D eigenvalue weighted by Gasteiger charge is 2.22. The highest BCUT2D eigenvalue weighted by molar-refractivity contribution is 5.76. The van der Waals surface area contributed by atoms with Gasteiger partial charge in [0.05, 0.1) is 32.5 Å². The normalized spacial score (nSPS) is 14.2. The van der Waals surface area contributed by atoms with E-state index in [1.165, 1.54) is 21.8 Å². The molecule has 4 atom stereocenters. The number of anilines is 2. The Balaban J connectivity index is 1.36. The number of rotatable bonds is 20. The number of H-pyrrole nitrogens is 2. The second-order valence-corrected chi connectivity index (χ2v) is 12.1. The van der Waals surface area contributed by atoms with Crippen molar-refractivity contribution in [2.45, 2.75) is 65.4 Å². The first-order valence-corrected chi connectivity index (χ1v) is 16.0. The zero-order valence-corrected chi connectivity index (χ0v) is 28.6. The summed E-state index contributed by atoms with van der Waals surface area (Å²) >= 11 is 0. The van der Waals surface area contributed by atoms with Gasteiger partial charge in [-0.25, -0.2) is 9.97 Å². The van der Waals surface area contributed by atoms with Crippen LogP contribution in [-0.4, -0.2) is 119 Å². The highest BCUT2D eigenvalue weighted by atomic mass is 16.6. The third-order valence-corrected chi connectivity index (χ3v) is 7.57. The molecule has 51 heavy (non-hydrogen) atoms. The summed E-state index contributed by atoms with van der Waals surface area (Å²) in [5, 5.41) is 25.1. The maximum atomic E-state index is 12.7. The van der Waals surface area contributed by atoms with Crippen molar-refractivity contribution < 1.29 is 38.7 Å². The smallest absolute Gasteiger partial charge is 0.323 e. The van der Waals surface area contributed by atoms with Gasteiger partial charge in [0.2, 0.25) is 11.9 Å². The van der Waals surface area contributed by atoms with Crippen molar-refractivity contribution in [3.63, 3.8) is 0 Å². The average molecular weight is 721 g/mol. The molecule has 22 nitrogen and oxygen atoms in total. The predicted octanol–water partition coefficient (Wildman–Crippen LogP) is -2.24. The van der Waals surface area contributed by atoms with Crippen LogP contribution in [0.5, 0.6) is 0 Å². The van der Waals surface area contributed by atoms with Crippen molar-refractivity contribution >= 4 is 46.2 Å². The lowest BCUT2D eigenvalue weighted by molar-refractivity contribution is -0.153. The molecule has 280 valence electrons. The number of hydrogen-bond acceptors (Lipinski definition) is 18. The number of imidazole rings is 2. The molecule has 0 aliphatic rings. The van der Waals surface area contributed by atoms with E-state index in [1.54, 1.807) is 27.7 Å². The quantitative estimate of drug-likeness (QED) is 0.0353. The molecule has 2 unspecified atom stereocenters. The van der Waals surface area contributed by atoms with Crippen LogP contribution in [0.4, 0.5) is 11.9 Å². The highest BCUT2D eigenvalue weighted by Crippen LogP contribution is 2.12. The second-order valence-electron chi connectivity index (χ2n) is 12.1. The lowest BCUT2D eigenvalue weighted by Crippen LogP contribution is -2.39. The molecule has 4 aromatic rings. The number of fused-ring (bicyclic) bond motifs is 2. The van der Waals surface area contributed by atoms with Crippen molar-refractivity contribution in [3.8, 4) is 0 Å². The van der Waals surface area contributed by atoms with Crippen LogP contribution in [0.1, 0.15) is 27.7 Å². The monoisotopic (exact) mass is 720 g/mol. The van der Waals surface area contributed by atoms with Gasteiger partial charge in [-0.2, -0.15) is 9.97 Å². The number of nitrogens with one attached hydrogen (secondary N) is 4. The van der Waals surface area contributed by atoms with Crippen LogP contribution in [0.15, 0.2) is 22.2 Å². The van der Waals surface area contributed by atoms with E-state index in [-0.39, 0.29) is 79.4 Å². The number of nitrogens with two attached hydrogens (primary N) is 2. The molecule has 0 fully saturated rings. The van der Waals surface area contributed by atoms with Crippen LogP contribution >= 0.6 is 0 Å². The first-order chi connectivity index (χ1) is 24.3. The third kappa shape index (κ3) is 10.0. The molecule has 4 heterocycles. The fourth-order valence-corrected chi connectivity index (χ4v) is 4.24. The Bertz CT molecular complexity index is 1750. The lowest BCUT2D eigenvalue weighted by Gasteiger charge is -2.19. The summed E-state index contributed by atoms with van der Waals surface area (Å²) < 4.78 is 24.5. The number of ether oxygens (including phenoxy) is 4. The molecular formula is C29H44N12O10. The Hall–Kier alpha value is -5.00. The van der Waals surface area contributed by atoms with Gasteiger partial charge in [0.25, 0.3) is 11.1 Å². The van der Waals surface area contributed by atoms with Gasteiger partial charge in [0.15, 0.2) is 22.3 Å². The van der Waals surface area contributed by atoms with E-state index >= 15 is 0 Å². The minimum absolute atomic E-state index is 0.0275. The Kier molecular flexibility index (Phi) is 13.5. The number of carbonyl (C=O) groups excluding carboxylic acids is 2. The Morgan fingerprint density at radius 1 is 0.765 bits per heavy atom. The van der Waals surface area contributed by atoms with Gasteiger partial charge in [-0.3, -0.25) is 38.3 Å². The molecule has 22 heteroatoms. The Morgan fingerprint density at radius 3 is 1.51 bits per heavy atom. The number of carbonyl (C=O) groups is 2. The molecule has 0 amide bonds. The van der Waals surface area contributed by atoms with E-state index in [1.807, 2.05) is 0 Å². The van der Waals surface area contributed by atoms with Gasteiger partial charge >= 0.3 is 11.9 Å². The molecule has 0 aliphatic carbocycles. The third-order valence-electron chi connectivity index (χ3n) is 7.57. The van der Waals surface area contributed by atoms with Gasteiger partial charge in [0.1, 0.15) is 51.0 Å². The topological polar surface area (TPSA) is 315 Å². The minimum Gasteiger partial charge on any atom is -0.462 e. The molecule has 4 aromatic heterocycles. The Morgan fingerprint density at radius 2 is 1.16 bits per heavy atom. The molecule has 0 bridgehead atoms. The van der Waals surface area contributed by atoms with E-state index < -0.39 is 60.6 Å². The molecule has 0 saturated heterocycles. The first-order valence-electron chi connectivity index (χ1n) is 16.0. The largest absolute Gasteiger partial charge is 0.462 e. The summed E-state index contributed by atoms with van der Waals surface area (Å²) in [7, 11) is 0. The molecule has 0 saturated carbocycles. The first kappa shape index (κ1) is 38.8.